The number of epoxide rings is 2. The van der Waals surface area contributed by atoms with E-state index in [1.54, 1.807) is 24.3 Å². The van der Waals surface area contributed by atoms with Crippen LogP contribution in [0.1, 0.15) is 10.4 Å². The quantitative estimate of drug-likeness (QED) is 0.747. The molecule has 2 unspecified atom stereocenters. The molecule has 2 aliphatic rings. The molecule has 4 rings (SSSR count). The number of hydrogen-bond acceptors (Lipinski definition) is 5. The average Bonchev–Trinajstić information content (AvgIpc) is 3.55. The van der Waals surface area contributed by atoms with Gasteiger partial charge in [-0.2, -0.15) is 0 Å². The fourth-order valence-corrected chi connectivity index (χ4v) is 2.25. The number of amides is 1. The third kappa shape index (κ3) is 4.71. The van der Waals surface area contributed by atoms with Crippen molar-refractivity contribution in [1.82, 2.24) is 0 Å². The molecule has 130 valence electrons. The number of rotatable bonds is 8. The van der Waals surface area contributed by atoms with E-state index in [9.17, 15) is 4.79 Å². The van der Waals surface area contributed by atoms with Crippen molar-refractivity contribution < 1.29 is 23.7 Å². The van der Waals surface area contributed by atoms with E-state index >= 15 is 0 Å². The predicted molar refractivity (Wildman–Crippen MR) is 91.3 cm³/mol. The average molecular weight is 341 g/mol. The molecule has 0 aliphatic carbocycles. The van der Waals surface area contributed by atoms with E-state index in [1.807, 2.05) is 24.3 Å². The summed E-state index contributed by atoms with van der Waals surface area (Å²) in [5.74, 6) is 1.32. The number of benzene rings is 2. The summed E-state index contributed by atoms with van der Waals surface area (Å²) in [4.78, 5) is 12.3. The first-order valence-corrected chi connectivity index (χ1v) is 8.26. The van der Waals surface area contributed by atoms with Gasteiger partial charge in [-0.25, -0.2) is 0 Å². The van der Waals surface area contributed by atoms with Crippen LogP contribution in [0.3, 0.4) is 0 Å². The topological polar surface area (TPSA) is 72.6 Å². The van der Waals surface area contributed by atoms with Crippen molar-refractivity contribution >= 4 is 11.6 Å². The van der Waals surface area contributed by atoms with Gasteiger partial charge in [-0.05, 0) is 48.5 Å². The highest BCUT2D eigenvalue weighted by Crippen LogP contribution is 2.20. The molecule has 2 saturated heterocycles. The molecule has 0 radical (unpaired) electrons. The maximum absolute atomic E-state index is 12.3. The normalized spacial score (nSPS) is 20.6. The number of anilines is 1. The molecule has 6 heteroatoms. The highest BCUT2D eigenvalue weighted by atomic mass is 16.6. The van der Waals surface area contributed by atoms with E-state index in [0.717, 1.165) is 24.7 Å². The smallest absolute Gasteiger partial charge is 0.255 e. The van der Waals surface area contributed by atoms with Crippen LogP contribution in [0, 0.1) is 0 Å². The SMILES string of the molecule is O=C(Nc1ccc(OCC2CO2)cc1)c1ccc(OCC2CO2)cc1. The molecule has 2 aliphatic heterocycles. The summed E-state index contributed by atoms with van der Waals surface area (Å²) in [7, 11) is 0. The predicted octanol–water partition coefficient (Wildman–Crippen LogP) is 2.49. The minimum absolute atomic E-state index is 0.169. The molecule has 2 atom stereocenters. The molecule has 1 amide bonds. The van der Waals surface area contributed by atoms with E-state index in [1.165, 1.54) is 0 Å². The first-order chi connectivity index (χ1) is 12.3. The summed E-state index contributed by atoms with van der Waals surface area (Å²) >= 11 is 0. The molecule has 1 N–H and O–H groups in total. The van der Waals surface area contributed by atoms with Crippen LogP contribution in [0.4, 0.5) is 5.69 Å². The lowest BCUT2D eigenvalue weighted by Gasteiger charge is -2.08. The lowest BCUT2D eigenvalue weighted by Crippen LogP contribution is -2.12. The standard InChI is InChI=1S/C19H19NO5/c21-19(13-1-5-15(6-2-13)22-9-17-11-24-17)20-14-3-7-16(8-4-14)23-10-18-12-25-18/h1-8,17-18H,9-12H2,(H,20,21). The monoisotopic (exact) mass is 341 g/mol. The second-order valence-corrected chi connectivity index (χ2v) is 6.04. The van der Waals surface area contributed by atoms with E-state index in [0.29, 0.717) is 24.5 Å². The van der Waals surface area contributed by atoms with Gasteiger partial charge in [0.25, 0.3) is 5.91 Å². The molecule has 0 spiro atoms. The van der Waals surface area contributed by atoms with Gasteiger partial charge in [0.1, 0.15) is 36.9 Å². The molecule has 2 fully saturated rings. The number of carbonyl (C=O) groups is 1. The minimum atomic E-state index is -0.169. The Bertz CT molecular complexity index is 720. The van der Waals surface area contributed by atoms with Crippen LogP contribution in [0.5, 0.6) is 11.5 Å². The van der Waals surface area contributed by atoms with Crippen molar-refractivity contribution in [2.75, 3.05) is 31.7 Å². The molecule has 0 saturated carbocycles. The summed E-state index contributed by atoms with van der Waals surface area (Å²) in [6.45, 7) is 2.64. The van der Waals surface area contributed by atoms with Crippen molar-refractivity contribution in [3.05, 3.63) is 54.1 Å². The second-order valence-electron chi connectivity index (χ2n) is 6.04. The Morgan fingerprint density at radius 3 is 1.84 bits per heavy atom. The van der Waals surface area contributed by atoms with Crippen LogP contribution in [-0.4, -0.2) is 44.5 Å². The molecular formula is C19H19NO5. The van der Waals surface area contributed by atoms with Crippen LogP contribution in [0.15, 0.2) is 48.5 Å². The maximum atomic E-state index is 12.3. The summed E-state index contributed by atoms with van der Waals surface area (Å²) in [5.41, 5.74) is 1.28. The Balaban J connectivity index is 1.29. The Labute approximate surface area is 145 Å². The second kappa shape index (κ2) is 7.13. The van der Waals surface area contributed by atoms with Gasteiger partial charge >= 0.3 is 0 Å². The van der Waals surface area contributed by atoms with Crippen LogP contribution < -0.4 is 14.8 Å². The van der Waals surface area contributed by atoms with Gasteiger partial charge in [-0.15, -0.1) is 0 Å². The van der Waals surface area contributed by atoms with Crippen LogP contribution in [0.2, 0.25) is 0 Å². The largest absolute Gasteiger partial charge is 0.491 e. The number of ether oxygens (including phenoxy) is 4. The summed E-state index contributed by atoms with van der Waals surface area (Å²) in [5, 5.41) is 2.86. The van der Waals surface area contributed by atoms with Crippen LogP contribution >= 0.6 is 0 Å². The van der Waals surface area contributed by atoms with Crippen molar-refractivity contribution in [1.29, 1.82) is 0 Å². The van der Waals surface area contributed by atoms with E-state index in [2.05, 4.69) is 5.32 Å². The van der Waals surface area contributed by atoms with Gasteiger partial charge < -0.3 is 24.3 Å². The van der Waals surface area contributed by atoms with E-state index in [4.69, 9.17) is 18.9 Å². The van der Waals surface area contributed by atoms with Crippen molar-refractivity contribution in [3.63, 3.8) is 0 Å². The van der Waals surface area contributed by atoms with Gasteiger partial charge in [0.2, 0.25) is 0 Å². The zero-order chi connectivity index (χ0) is 17.1. The van der Waals surface area contributed by atoms with Gasteiger partial charge in [0.05, 0.1) is 13.2 Å². The highest BCUT2D eigenvalue weighted by Gasteiger charge is 2.23. The first-order valence-electron chi connectivity index (χ1n) is 8.26. The molecule has 2 heterocycles. The fraction of sp³-hybridized carbons (Fsp3) is 0.316. The molecule has 0 aromatic heterocycles. The van der Waals surface area contributed by atoms with Gasteiger partial charge in [-0.1, -0.05) is 0 Å². The minimum Gasteiger partial charge on any atom is -0.491 e. The summed E-state index contributed by atoms with van der Waals surface area (Å²) in [6.07, 6.45) is 0.440. The third-order valence-corrected chi connectivity index (χ3v) is 3.91. The van der Waals surface area contributed by atoms with Crippen LogP contribution in [0.25, 0.3) is 0 Å². The van der Waals surface area contributed by atoms with Crippen molar-refractivity contribution in [3.8, 4) is 11.5 Å². The van der Waals surface area contributed by atoms with Crippen molar-refractivity contribution in [2.45, 2.75) is 12.2 Å². The summed E-state index contributed by atoms with van der Waals surface area (Å²) in [6, 6.07) is 14.3. The van der Waals surface area contributed by atoms with E-state index in [-0.39, 0.29) is 18.1 Å². The zero-order valence-corrected chi connectivity index (χ0v) is 13.6. The number of carbonyl (C=O) groups excluding carboxylic acids is 1. The Morgan fingerprint density at radius 2 is 1.36 bits per heavy atom. The lowest BCUT2D eigenvalue weighted by molar-refractivity contribution is 0.102. The van der Waals surface area contributed by atoms with Crippen molar-refractivity contribution in [2.24, 2.45) is 0 Å². The Morgan fingerprint density at radius 1 is 0.880 bits per heavy atom. The molecule has 0 bridgehead atoms. The van der Waals surface area contributed by atoms with E-state index < -0.39 is 0 Å². The Hall–Kier alpha value is -2.57. The molecule has 2 aromatic rings. The van der Waals surface area contributed by atoms with Gasteiger partial charge in [0, 0.05) is 11.3 Å². The number of nitrogens with one attached hydrogen (secondary N) is 1. The van der Waals surface area contributed by atoms with Gasteiger partial charge in [-0.3, -0.25) is 4.79 Å². The number of hydrogen-bond donors (Lipinski definition) is 1. The zero-order valence-electron chi connectivity index (χ0n) is 13.6. The highest BCUT2D eigenvalue weighted by molar-refractivity contribution is 6.04. The maximum Gasteiger partial charge on any atom is 0.255 e. The fourth-order valence-electron chi connectivity index (χ4n) is 2.25. The van der Waals surface area contributed by atoms with Crippen LogP contribution in [-0.2, 0) is 9.47 Å². The molecule has 25 heavy (non-hydrogen) atoms. The first kappa shape index (κ1) is 15.9. The van der Waals surface area contributed by atoms with Gasteiger partial charge in [0.15, 0.2) is 0 Å². The third-order valence-electron chi connectivity index (χ3n) is 3.91. The lowest BCUT2D eigenvalue weighted by atomic mass is 10.2. The molecule has 2 aromatic carbocycles. The molecule has 6 nitrogen and oxygen atoms in total. The Kier molecular flexibility index (Phi) is 4.54. The summed E-state index contributed by atoms with van der Waals surface area (Å²) < 4.78 is 21.3. The molecular weight excluding hydrogens is 322 g/mol.